The van der Waals surface area contributed by atoms with Gasteiger partial charge in [0.1, 0.15) is 0 Å². The van der Waals surface area contributed by atoms with E-state index in [1.54, 1.807) is 84.3 Å². The van der Waals surface area contributed by atoms with Crippen LogP contribution in [0.2, 0.25) is 0 Å². The van der Waals surface area contributed by atoms with Gasteiger partial charge in [-0.1, -0.05) is 483 Å². The molecule has 0 nitrogen and oxygen atoms in total. The van der Waals surface area contributed by atoms with Gasteiger partial charge in [-0.25, -0.2) is 0 Å². The Hall–Kier alpha value is 0.920. The lowest BCUT2D eigenvalue weighted by Crippen LogP contribution is -1.82. The number of hydrogen-bond acceptors (Lipinski definition) is 16. The molecule has 0 saturated heterocycles. The molecule has 0 atom stereocenters. The highest BCUT2D eigenvalue weighted by Crippen LogP contribution is 2.66. The van der Waals surface area contributed by atoms with Gasteiger partial charge in [-0.2, -0.15) is 0 Å². The third-order valence-corrected chi connectivity index (χ3v) is 43.6. The molecule has 2 aromatic carbocycles. The maximum absolute atomic E-state index is 2.34. The van der Waals surface area contributed by atoms with E-state index in [0.29, 0.717) is 0 Å². The van der Waals surface area contributed by atoms with Crippen LogP contribution in [-0.2, 0) is 0 Å². The molecule has 0 N–H and O–H groups in total. The Labute approximate surface area is 730 Å². The van der Waals surface area contributed by atoms with Gasteiger partial charge in [-0.05, 0) is 202 Å². The number of allylic oxidation sites excluding steroid dienone is 14. The molecular formula is C92H136S16. The first kappa shape index (κ1) is 96.1. The van der Waals surface area contributed by atoms with Crippen LogP contribution in [0.25, 0.3) is 9.81 Å². The van der Waals surface area contributed by atoms with Crippen LogP contribution in [0.1, 0.15) is 378 Å². The fraction of sp³-hybridized carbons (Fsp3) is 0.609. The third-order valence-electron chi connectivity index (χ3n) is 19.9. The summed E-state index contributed by atoms with van der Waals surface area (Å²) in [4.78, 5) is 24.8. The minimum Gasteiger partial charge on any atom is -0.0849 e. The lowest BCUT2D eigenvalue weighted by molar-refractivity contribution is 0.577. The first-order chi connectivity index (χ1) is 52.7. The molecule has 0 spiro atoms. The molecule has 600 valence electrons. The summed E-state index contributed by atoms with van der Waals surface area (Å²) in [5.41, 5.74) is 2.65. The lowest BCUT2D eigenvalue weighted by Gasteiger charge is -2.05. The number of benzene rings is 2. The number of thioether (sulfide) groups is 16. The van der Waals surface area contributed by atoms with E-state index in [4.69, 9.17) is 0 Å². The van der Waals surface area contributed by atoms with Crippen LogP contribution < -0.4 is 0 Å². The molecule has 0 aromatic heterocycles. The average molecular weight is 1760 g/mol. The van der Waals surface area contributed by atoms with Gasteiger partial charge in [0.15, 0.2) is 0 Å². The summed E-state index contributed by atoms with van der Waals surface area (Å²) in [5.74, 6) is 0. The number of rotatable bonds is 44. The van der Waals surface area contributed by atoms with E-state index >= 15 is 0 Å². The van der Waals surface area contributed by atoms with Crippen molar-refractivity contribution in [1.29, 1.82) is 0 Å². The van der Waals surface area contributed by atoms with Gasteiger partial charge < -0.3 is 0 Å². The van der Waals surface area contributed by atoms with Crippen LogP contribution in [0.15, 0.2) is 163 Å². The van der Waals surface area contributed by atoms with Gasteiger partial charge in [0.25, 0.3) is 0 Å². The summed E-state index contributed by atoms with van der Waals surface area (Å²) < 4.78 is 12.2. The highest BCUT2D eigenvalue weighted by atomic mass is 32.2. The van der Waals surface area contributed by atoms with Crippen LogP contribution in [-0.4, -0.2) is 0 Å². The second-order valence-electron chi connectivity index (χ2n) is 29.4. The second kappa shape index (κ2) is 57.2. The molecular weight excluding hydrogens is 1620 g/mol. The largest absolute Gasteiger partial charge is 0.0849 e. The Morgan fingerprint density at radius 1 is 0.167 bits per heavy atom. The summed E-state index contributed by atoms with van der Waals surface area (Å²) in [6.07, 6.45) is 58.0. The van der Waals surface area contributed by atoms with Gasteiger partial charge in [0, 0.05) is 19.6 Å². The Bertz CT molecular complexity index is 3250. The predicted octanol–water partition coefficient (Wildman–Crippen LogP) is 41.0. The molecule has 8 heterocycles. The van der Waals surface area contributed by atoms with E-state index in [1.165, 1.54) is 309 Å². The maximum Gasteiger partial charge on any atom is 0.0703 e. The van der Waals surface area contributed by atoms with Crippen molar-refractivity contribution in [3.05, 3.63) is 174 Å². The van der Waals surface area contributed by atoms with Crippen LogP contribution in [0, 0.1) is 0 Å². The summed E-state index contributed by atoms with van der Waals surface area (Å²) in [6, 6.07) is 21.4. The SMILES string of the molecule is CC1=C(c2ccccc2)S/C(=C2\SC(C)=C(c3ccccc3)S2)S1.CCCCCCC1=C(C)S/C(=C2/SC(C)=C(CCCCCC)S2)S1.CCCCCCCCC1=C(C)S/C(=C2/SC(C)=C(CCCCCCCC)S2)S1.CCCCCCCCCCC1=C(C)S/C(=C2/SC(C)=C(CCCCCCCCCC)S2)S1. The molecule has 8 aliphatic heterocycles. The van der Waals surface area contributed by atoms with Crippen LogP contribution in [0.3, 0.4) is 0 Å². The first-order valence-corrected chi connectivity index (χ1v) is 55.3. The fourth-order valence-electron chi connectivity index (χ4n) is 13.3. The molecule has 16 heteroatoms. The standard InChI is InChI=1S/C28H48S4.C24H40S4.C20H16S4.C20H32S4/c1-5-7-9-11-13-15-17-19-21-25-23(3)29-27(31-25)28-30-24(4)26(32-28)22-20-18-16-14-12-10-8-6-2;1-5-7-9-11-13-15-17-21-19(3)25-23(27-21)24-26-20(4)22(28-24)18-16-14-12-10-8-6-2;1-13-17(15-9-5-3-6-10-15)23-19(21-13)20-22-14(2)18(24-20)16-11-7-4-8-12-16;1-5-7-9-11-13-17-15(3)21-19(23-17)20-22-16(4)18(24-20)14-12-10-8-6-2/h5-22H2,1-4H3;5-18H2,1-4H3;3-12H,1-2H3;5-14H2,1-4H3/b28-27+;24-23+;2*20-19+. The molecule has 8 aliphatic rings. The van der Waals surface area contributed by atoms with Crippen molar-refractivity contribution in [2.75, 3.05) is 0 Å². The van der Waals surface area contributed by atoms with Gasteiger partial charge in [-0.3, -0.25) is 0 Å². The molecule has 0 unspecified atom stereocenters. The van der Waals surface area contributed by atoms with E-state index in [9.17, 15) is 0 Å². The Balaban J connectivity index is 0.000000202. The zero-order chi connectivity index (χ0) is 77.1. The van der Waals surface area contributed by atoms with Crippen molar-refractivity contribution in [3.63, 3.8) is 0 Å². The quantitative estimate of drug-likeness (QED) is 0.0578. The van der Waals surface area contributed by atoms with E-state index in [0.717, 1.165) is 0 Å². The minimum absolute atomic E-state index is 1.28. The van der Waals surface area contributed by atoms with Crippen molar-refractivity contribution in [1.82, 2.24) is 0 Å². The molecule has 10 rings (SSSR count). The van der Waals surface area contributed by atoms with Gasteiger partial charge >= 0.3 is 0 Å². The van der Waals surface area contributed by atoms with Crippen LogP contribution in [0.4, 0.5) is 0 Å². The minimum atomic E-state index is 1.28. The van der Waals surface area contributed by atoms with E-state index in [2.05, 4.69) is 228 Å². The summed E-state index contributed by atoms with van der Waals surface area (Å²) in [7, 11) is 0. The van der Waals surface area contributed by atoms with Gasteiger partial charge in [-0.15, -0.1) is 0 Å². The Kier molecular flexibility index (Phi) is 50.8. The lowest BCUT2D eigenvalue weighted by atomic mass is 10.1. The number of unbranched alkanes of at least 4 members (excludes halogenated alkanes) is 30. The highest BCUT2D eigenvalue weighted by molar-refractivity contribution is 8.38. The second-order valence-corrected chi connectivity index (χ2v) is 50.0. The molecule has 0 fully saturated rings. The summed E-state index contributed by atoms with van der Waals surface area (Å²) >= 11 is 32.4. The fourth-order valence-corrected chi connectivity index (χ4v) is 36.0. The van der Waals surface area contributed by atoms with Crippen LogP contribution >= 0.6 is 188 Å². The molecule has 0 saturated carbocycles. The topological polar surface area (TPSA) is 0 Å². The molecule has 0 aliphatic carbocycles. The Morgan fingerprint density at radius 2 is 0.324 bits per heavy atom. The molecule has 108 heavy (non-hydrogen) atoms. The van der Waals surface area contributed by atoms with Crippen molar-refractivity contribution in [3.8, 4) is 0 Å². The monoisotopic (exact) mass is 1750 g/mol. The predicted molar refractivity (Wildman–Crippen MR) is 532 cm³/mol. The van der Waals surface area contributed by atoms with E-state index < -0.39 is 0 Å². The van der Waals surface area contributed by atoms with Crippen molar-refractivity contribution in [2.45, 2.75) is 367 Å². The summed E-state index contributed by atoms with van der Waals surface area (Å²) in [5, 5.41) is 0. The van der Waals surface area contributed by atoms with Crippen molar-refractivity contribution in [2.24, 2.45) is 0 Å². The van der Waals surface area contributed by atoms with Crippen molar-refractivity contribution < 1.29 is 0 Å². The summed E-state index contributed by atoms with van der Waals surface area (Å²) in [6.45, 7) is 32.2. The normalized spacial score (nSPS) is 20.4. The third kappa shape index (κ3) is 35.1. The first-order valence-electron chi connectivity index (χ1n) is 42.2. The average Bonchev–Trinajstić information content (AvgIpc) is 1.48. The molecule has 2 aromatic rings. The highest BCUT2D eigenvalue weighted by Gasteiger charge is 2.32. The molecule has 0 bridgehead atoms. The Morgan fingerprint density at radius 3 is 0.519 bits per heavy atom. The molecule has 0 amide bonds. The molecule has 0 radical (unpaired) electrons. The maximum atomic E-state index is 2.34. The van der Waals surface area contributed by atoms with Gasteiger partial charge in [0.2, 0.25) is 0 Å². The van der Waals surface area contributed by atoms with Crippen molar-refractivity contribution >= 4 is 198 Å². The van der Waals surface area contributed by atoms with Crippen LogP contribution in [0.5, 0.6) is 0 Å². The zero-order valence-electron chi connectivity index (χ0n) is 69.0. The number of hydrogen-bond donors (Lipinski definition) is 0. The van der Waals surface area contributed by atoms with Gasteiger partial charge in [0.05, 0.1) is 33.9 Å². The zero-order valence-corrected chi connectivity index (χ0v) is 82.1. The smallest absolute Gasteiger partial charge is 0.0703 e. The van der Waals surface area contributed by atoms with E-state index in [1.807, 2.05) is 118 Å². The van der Waals surface area contributed by atoms with E-state index in [-0.39, 0.29) is 0 Å².